The van der Waals surface area contributed by atoms with Crippen LogP contribution in [0, 0.1) is 10.1 Å². The van der Waals surface area contributed by atoms with E-state index < -0.39 is 58.0 Å². The number of amides is 3. The van der Waals surface area contributed by atoms with E-state index in [0.29, 0.717) is 5.56 Å². The number of nitrogens with zero attached hydrogens (tertiary/aromatic N) is 3. The lowest BCUT2D eigenvalue weighted by Gasteiger charge is -2.36. The van der Waals surface area contributed by atoms with E-state index in [-0.39, 0.29) is 35.6 Å². The average molecular weight is 625 g/mol. The smallest absolute Gasteiger partial charge is 0.353 e. The summed E-state index contributed by atoms with van der Waals surface area (Å²) in [5.74, 6) is -3.79. The number of ether oxygens (including phenoxy) is 2. The number of carbonyl (C=O) groups excluding carboxylic acids is 5. The first kappa shape index (κ1) is 31.9. The van der Waals surface area contributed by atoms with Gasteiger partial charge in [0.25, 0.3) is 11.6 Å². The molecule has 1 aliphatic heterocycles. The van der Waals surface area contributed by atoms with Crippen molar-refractivity contribution in [3.8, 4) is 0 Å². The molecule has 42 heavy (non-hydrogen) atoms. The molecule has 1 aromatic heterocycles. The van der Waals surface area contributed by atoms with Crippen LogP contribution in [0.15, 0.2) is 34.8 Å². The number of hydrogen-bond donors (Lipinski definition) is 3. The molecule has 3 rings (SSSR count). The number of anilines is 1. The van der Waals surface area contributed by atoms with E-state index in [1.54, 1.807) is 0 Å². The topological polar surface area (TPSA) is 218 Å². The van der Waals surface area contributed by atoms with Crippen LogP contribution < -0.4 is 16.0 Å². The van der Waals surface area contributed by atoms with Crippen LogP contribution in [0.4, 0.5) is 10.8 Å². The lowest BCUT2D eigenvalue weighted by atomic mass is 9.99. The number of halogens is 1. The zero-order valence-corrected chi connectivity index (χ0v) is 23.9. The van der Waals surface area contributed by atoms with Crippen molar-refractivity contribution in [1.29, 1.82) is 0 Å². The minimum absolute atomic E-state index is 0.0614. The molecule has 0 spiro atoms. The van der Waals surface area contributed by atoms with Crippen molar-refractivity contribution in [2.24, 2.45) is 5.16 Å². The zero-order valence-electron chi connectivity index (χ0n) is 22.4. The highest BCUT2D eigenvalue weighted by atomic mass is 35.5. The number of nitrogens with one attached hydrogen (secondary N) is 3. The second-order valence-corrected chi connectivity index (χ2v) is 10.3. The van der Waals surface area contributed by atoms with Crippen molar-refractivity contribution < 1.29 is 43.2 Å². The SMILES string of the molecule is CC(=O)OCC1NC(=O)C1NC(=O)/C(=N\OC(C)(C)C(=O)OCc1ccc([N+](=O)[O-])cc1)c1csc(NC(=O)CCl)n1. The van der Waals surface area contributed by atoms with Gasteiger partial charge in [-0.2, -0.15) is 0 Å². The van der Waals surface area contributed by atoms with Crippen LogP contribution in [0.5, 0.6) is 0 Å². The maximum absolute atomic E-state index is 13.2. The molecular formula is C24H25ClN6O10S. The molecule has 1 fully saturated rings. The van der Waals surface area contributed by atoms with E-state index >= 15 is 0 Å². The maximum Gasteiger partial charge on any atom is 0.353 e. The summed E-state index contributed by atoms with van der Waals surface area (Å²) in [5.41, 5.74) is -1.89. The molecular weight excluding hydrogens is 600 g/mol. The number of oxime groups is 1. The number of alkyl halides is 1. The number of thiazole rings is 1. The molecule has 2 atom stereocenters. The van der Waals surface area contributed by atoms with Gasteiger partial charge < -0.3 is 30.3 Å². The monoisotopic (exact) mass is 624 g/mol. The Kier molecular flexibility index (Phi) is 10.5. The Morgan fingerprint density at radius 3 is 2.50 bits per heavy atom. The van der Waals surface area contributed by atoms with Crippen LogP contribution >= 0.6 is 22.9 Å². The number of aromatic nitrogens is 1. The third-order valence-corrected chi connectivity index (χ3v) is 6.47. The van der Waals surface area contributed by atoms with Crippen molar-refractivity contribution >= 4 is 69.1 Å². The summed E-state index contributed by atoms with van der Waals surface area (Å²) in [6.07, 6.45) is 0. The van der Waals surface area contributed by atoms with Crippen molar-refractivity contribution in [2.45, 2.75) is 45.1 Å². The lowest BCUT2D eigenvalue weighted by Crippen LogP contribution is -2.71. The summed E-state index contributed by atoms with van der Waals surface area (Å²) in [6.45, 7) is 3.43. The number of carbonyl (C=O) groups is 5. The summed E-state index contributed by atoms with van der Waals surface area (Å²) in [6, 6.07) is 3.60. The fraction of sp³-hybridized carbons (Fsp3) is 0.375. The molecule has 0 aliphatic carbocycles. The summed E-state index contributed by atoms with van der Waals surface area (Å²) in [7, 11) is 0. The Labute approximate surface area is 246 Å². The van der Waals surface area contributed by atoms with E-state index in [2.05, 4.69) is 26.1 Å². The minimum Gasteiger partial charge on any atom is -0.464 e. The van der Waals surface area contributed by atoms with Gasteiger partial charge in [0.2, 0.25) is 17.4 Å². The highest BCUT2D eigenvalue weighted by molar-refractivity contribution is 7.14. The number of rotatable bonds is 13. The number of benzene rings is 1. The van der Waals surface area contributed by atoms with Crippen LogP contribution in [0.2, 0.25) is 0 Å². The van der Waals surface area contributed by atoms with E-state index in [4.69, 9.17) is 25.9 Å². The van der Waals surface area contributed by atoms with Crippen molar-refractivity contribution in [1.82, 2.24) is 15.6 Å². The number of nitro groups is 1. The molecule has 0 bridgehead atoms. The Bertz CT molecular complexity index is 1410. The molecule has 224 valence electrons. The number of nitro benzene ring substituents is 1. The normalized spacial score (nSPS) is 16.4. The molecule has 18 heteroatoms. The molecule has 1 saturated heterocycles. The number of hydrogen-bond acceptors (Lipinski definition) is 13. The first-order valence-corrected chi connectivity index (χ1v) is 13.4. The molecule has 16 nitrogen and oxygen atoms in total. The number of non-ortho nitro benzene ring substituents is 1. The van der Waals surface area contributed by atoms with E-state index in [1.165, 1.54) is 50.4 Å². The molecule has 1 aromatic carbocycles. The first-order chi connectivity index (χ1) is 19.8. The molecule has 2 heterocycles. The zero-order chi connectivity index (χ0) is 31.0. The number of esters is 2. The Hall–Kier alpha value is -4.64. The Balaban J connectivity index is 1.76. The van der Waals surface area contributed by atoms with Gasteiger partial charge in [-0.25, -0.2) is 9.78 Å². The van der Waals surface area contributed by atoms with Crippen molar-refractivity contribution in [3.63, 3.8) is 0 Å². The van der Waals surface area contributed by atoms with Crippen molar-refractivity contribution in [3.05, 3.63) is 51.0 Å². The second-order valence-electron chi connectivity index (χ2n) is 9.13. The fourth-order valence-electron chi connectivity index (χ4n) is 3.19. The first-order valence-electron chi connectivity index (χ1n) is 12.0. The van der Waals surface area contributed by atoms with Gasteiger partial charge in [0, 0.05) is 24.4 Å². The van der Waals surface area contributed by atoms with Gasteiger partial charge in [-0.1, -0.05) is 5.16 Å². The minimum atomic E-state index is -1.73. The lowest BCUT2D eigenvalue weighted by molar-refractivity contribution is -0.384. The molecule has 1 aliphatic rings. The average Bonchev–Trinajstić information content (AvgIpc) is 3.40. The van der Waals surface area contributed by atoms with Gasteiger partial charge in [-0.3, -0.25) is 29.3 Å². The summed E-state index contributed by atoms with van der Waals surface area (Å²) >= 11 is 6.45. The highest BCUT2D eigenvalue weighted by Crippen LogP contribution is 2.20. The van der Waals surface area contributed by atoms with Crippen LogP contribution in [-0.2, 0) is 44.9 Å². The van der Waals surface area contributed by atoms with Crippen LogP contribution in [0.25, 0.3) is 0 Å². The van der Waals surface area contributed by atoms with Crippen LogP contribution in [0.3, 0.4) is 0 Å². The predicted octanol–water partition coefficient (Wildman–Crippen LogP) is 1.02. The van der Waals surface area contributed by atoms with E-state index in [9.17, 15) is 34.1 Å². The van der Waals surface area contributed by atoms with Crippen LogP contribution in [-0.4, -0.2) is 75.5 Å². The van der Waals surface area contributed by atoms with Gasteiger partial charge >= 0.3 is 11.9 Å². The molecule has 2 unspecified atom stereocenters. The second kappa shape index (κ2) is 13.8. The molecule has 3 amide bonds. The van der Waals surface area contributed by atoms with Gasteiger partial charge in [-0.15, -0.1) is 22.9 Å². The molecule has 2 aromatic rings. The highest BCUT2D eigenvalue weighted by Gasteiger charge is 2.42. The van der Waals surface area contributed by atoms with Gasteiger partial charge in [-0.05, 0) is 31.5 Å². The molecule has 0 saturated carbocycles. The maximum atomic E-state index is 13.2. The summed E-state index contributed by atoms with van der Waals surface area (Å²) in [4.78, 5) is 80.6. The predicted molar refractivity (Wildman–Crippen MR) is 147 cm³/mol. The van der Waals surface area contributed by atoms with Gasteiger partial charge in [0.05, 0.1) is 11.0 Å². The van der Waals surface area contributed by atoms with E-state index in [0.717, 1.165) is 11.3 Å². The number of β-lactam (4-membered cyclic amide) rings is 1. The standard InChI is InChI=1S/C24H25ClN6O10S/c1-12(32)39-10-15-18(20(34)26-15)29-21(35)19(16-11-42-23(27-16)28-17(33)8-25)30-41-24(2,3)22(36)40-9-13-4-6-14(7-5-13)31(37)38/h4-7,11,15,18H,8-10H2,1-3H3,(H,26,34)(H,29,35)(H,27,28,33)/b30-19-. The molecule has 0 radical (unpaired) electrons. The van der Waals surface area contributed by atoms with E-state index in [1.807, 2.05) is 0 Å². The Morgan fingerprint density at radius 1 is 1.21 bits per heavy atom. The largest absolute Gasteiger partial charge is 0.464 e. The van der Waals surface area contributed by atoms with Crippen LogP contribution in [0.1, 0.15) is 32.0 Å². The molecule has 3 N–H and O–H groups in total. The van der Waals surface area contributed by atoms with Crippen molar-refractivity contribution in [2.75, 3.05) is 17.8 Å². The third kappa shape index (κ3) is 8.43. The third-order valence-electron chi connectivity index (χ3n) is 5.47. The fourth-order valence-corrected chi connectivity index (χ4v) is 3.97. The quantitative estimate of drug-likeness (QED) is 0.0713. The Morgan fingerprint density at radius 2 is 1.90 bits per heavy atom. The summed E-state index contributed by atoms with van der Waals surface area (Å²) in [5, 5.41) is 23.5. The van der Waals surface area contributed by atoms with Gasteiger partial charge in [0.1, 0.15) is 30.8 Å². The summed E-state index contributed by atoms with van der Waals surface area (Å²) < 4.78 is 10.1. The van der Waals surface area contributed by atoms with Gasteiger partial charge in [0.15, 0.2) is 10.8 Å².